The van der Waals surface area contributed by atoms with Gasteiger partial charge in [0.2, 0.25) is 11.8 Å². The summed E-state index contributed by atoms with van der Waals surface area (Å²) in [5.41, 5.74) is 0.566. The highest BCUT2D eigenvalue weighted by Gasteiger charge is 2.44. The van der Waals surface area contributed by atoms with Crippen molar-refractivity contribution < 1.29 is 33.0 Å². The molecule has 1 aliphatic rings. The molecule has 1 saturated heterocycles. The number of urea groups is 1. The third kappa shape index (κ3) is 6.01. The van der Waals surface area contributed by atoms with Crippen LogP contribution in [0.5, 0.6) is 11.5 Å². The van der Waals surface area contributed by atoms with Gasteiger partial charge in [0.15, 0.2) is 23.0 Å². The highest BCUT2D eigenvalue weighted by atomic mass is 19.1. The molecular weight excluding hydrogens is 576 g/mol. The molecule has 1 fully saturated rings. The molecule has 0 radical (unpaired) electrons. The average Bonchev–Trinajstić information content (AvgIpc) is 3.38. The van der Waals surface area contributed by atoms with Crippen LogP contribution in [0.15, 0.2) is 54.7 Å². The van der Waals surface area contributed by atoms with Crippen LogP contribution in [-0.2, 0) is 9.59 Å². The van der Waals surface area contributed by atoms with Gasteiger partial charge in [-0.3, -0.25) is 14.7 Å². The van der Waals surface area contributed by atoms with Gasteiger partial charge in [0, 0.05) is 36.6 Å². The summed E-state index contributed by atoms with van der Waals surface area (Å²) in [4.78, 5) is 46.2. The summed E-state index contributed by atoms with van der Waals surface area (Å²) in [5.74, 6) is -3.73. The van der Waals surface area contributed by atoms with Crippen LogP contribution >= 0.6 is 0 Å². The van der Waals surface area contributed by atoms with Gasteiger partial charge in [0.25, 0.3) is 0 Å². The second-order valence-corrected chi connectivity index (χ2v) is 10.7. The van der Waals surface area contributed by atoms with Crippen molar-refractivity contribution in [3.63, 3.8) is 0 Å². The third-order valence-electron chi connectivity index (χ3n) is 7.29. The number of H-pyrrole nitrogens is 1. The molecule has 14 heteroatoms. The summed E-state index contributed by atoms with van der Waals surface area (Å²) in [5, 5.41) is 22.9. The van der Waals surface area contributed by atoms with E-state index in [4.69, 9.17) is 4.74 Å². The first kappa shape index (κ1) is 30.4. The van der Waals surface area contributed by atoms with Crippen molar-refractivity contribution in [1.29, 1.82) is 0 Å². The normalized spacial score (nSPS) is 16.8. The zero-order valence-corrected chi connectivity index (χ0v) is 24.3. The van der Waals surface area contributed by atoms with E-state index in [2.05, 4.69) is 25.8 Å². The molecule has 1 unspecified atom stereocenters. The SMILES string of the molecule is CC(C)N1CC(C(=O)Nc2ccc(Oc3ccnc4[nH]nc(N[C@H](C)[C@H](C)O)c34)c(F)c2)C(=O)N(c2ccc(F)cc2)C1=O. The highest BCUT2D eigenvalue weighted by Crippen LogP contribution is 2.35. The van der Waals surface area contributed by atoms with Gasteiger partial charge in [-0.15, -0.1) is 0 Å². The molecule has 2 aromatic carbocycles. The molecule has 0 aliphatic carbocycles. The molecule has 3 atom stereocenters. The van der Waals surface area contributed by atoms with Crippen molar-refractivity contribution in [2.24, 2.45) is 5.92 Å². The zero-order chi connectivity index (χ0) is 31.7. The van der Waals surface area contributed by atoms with Gasteiger partial charge in [-0.1, -0.05) is 0 Å². The van der Waals surface area contributed by atoms with Gasteiger partial charge in [0.05, 0.1) is 17.8 Å². The number of hydrogen-bond donors (Lipinski definition) is 4. The average molecular weight is 608 g/mol. The van der Waals surface area contributed by atoms with E-state index in [-0.39, 0.29) is 41.5 Å². The first-order chi connectivity index (χ1) is 20.9. The first-order valence-corrected chi connectivity index (χ1v) is 13.9. The second kappa shape index (κ2) is 12.2. The van der Waals surface area contributed by atoms with E-state index in [9.17, 15) is 23.9 Å². The number of anilines is 3. The smallest absolute Gasteiger partial charge is 0.331 e. The Morgan fingerprint density at radius 1 is 1.07 bits per heavy atom. The molecule has 12 nitrogen and oxygen atoms in total. The van der Waals surface area contributed by atoms with E-state index in [0.717, 1.165) is 23.1 Å². The largest absolute Gasteiger partial charge is 0.453 e. The van der Waals surface area contributed by atoms with Crippen LogP contribution in [0.1, 0.15) is 27.7 Å². The monoisotopic (exact) mass is 607 g/mol. The Balaban J connectivity index is 1.35. The van der Waals surface area contributed by atoms with Crippen LogP contribution < -0.4 is 20.3 Å². The summed E-state index contributed by atoms with van der Waals surface area (Å²) in [6.07, 6.45) is 0.790. The fraction of sp³-hybridized carbons (Fsp3) is 0.300. The topological polar surface area (TPSA) is 153 Å². The van der Waals surface area contributed by atoms with Gasteiger partial charge in [-0.25, -0.2) is 23.5 Å². The first-order valence-electron chi connectivity index (χ1n) is 13.9. The van der Waals surface area contributed by atoms with E-state index >= 15 is 4.39 Å². The molecular formula is C30H31F2N7O5. The van der Waals surface area contributed by atoms with Crippen molar-refractivity contribution in [3.8, 4) is 11.5 Å². The Hall–Kier alpha value is -5.11. The minimum atomic E-state index is -1.31. The molecule has 0 spiro atoms. The number of nitrogens with one attached hydrogen (secondary N) is 3. The number of aromatic nitrogens is 3. The Morgan fingerprint density at radius 2 is 1.80 bits per heavy atom. The maximum absolute atomic E-state index is 15.3. The number of carbonyl (C=O) groups excluding carboxylic acids is 3. The summed E-state index contributed by atoms with van der Waals surface area (Å²) in [7, 11) is 0. The molecule has 2 aromatic heterocycles. The van der Waals surface area contributed by atoms with Gasteiger partial charge in [-0.05, 0) is 64.1 Å². The quantitative estimate of drug-likeness (QED) is 0.201. The number of benzene rings is 2. The van der Waals surface area contributed by atoms with E-state index in [1.54, 1.807) is 27.7 Å². The number of fused-ring (bicyclic) bond motifs is 1. The lowest BCUT2D eigenvalue weighted by Crippen LogP contribution is -2.61. The maximum atomic E-state index is 15.3. The number of imide groups is 1. The van der Waals surface area contributed by atoms with Crippen LogP contribution in [0.4, 0.5) is 30.8 Å². The molecule has 0 saturated carbocycles. The zero-order valence-electron chi connectivity index (χ0n) is 24.3. The van der Waals surface area contributed by atoms with Crippen LogP contribution in [-0.4, -0.2) is 67.8 Å². The standard InChI is InChI=1S/C30H31F2N7O5/c1-15(2)38-14-21(29(42)39(30(38)43)20-8-5-18(31)6-9-20)28(41)35-19-7-10-23(22(32)13-19)44-24-11-12-33-26-25(24)27(37-36-26)34-16(3)17(4)40/h5-13,15-17,21,40H,14H2,1-4H3,(H,35,41)(H2,33,34,36,37)/t16-,17+,21?/m1/s1. The number of amides is 4. The van der Waals surface area contributed by atoms with Gasteiger partial charge in [-0.2, -0.15) is 5.10 Å². The third-order valence-corrected chi connectivity index (χ3v) is 7.29. The second-order valence-electron chi connectivity index (χ2n) is 10.7. The van der Waals surface area contributed by atoms with Crippen LogP contribution in [0, 0.1) is 17.6 Å². The number of hydrogen-bond acceptors (Lipinski definition) is 8. The lowest BCUT2D eigenvalue weighted by Gasteiger charge is -2.39. The van der Waals surface area contributed by atoms with Crippen molar-refractivity contribution in [3.05, 3.63) is 66.4 Å². The molecule has 4 aromatic rings. The lowest BCUT2D eigenvalue weighted by atomic mass is 10.0. The van der Waals surface area contributed by atoms with Crippen molar-refractivity contribution in [2.75, 3.05) is 22.1 Å². The van der Waals surface area contributed by atoms with Crippen molar-refractivity contribution in [2.45, 2.75) is 45.9 Å². The number of nitrogens with zero attached hydrogens (tertiary/aromatic N) is 4. The minimum absolute atomic E-state index is 0.0604. The predicted octanol–water partition coefficient (Wildman–Crippen LogP) is 4.64. The molecule has 3 heterocycles. The van der Waals surface area contributed by atoms with Crippen molar-refractivity contribution >= 4 is 46.1 Å². The molecule has 0 bridgehead atoms. The van der Waals surface area contributed by atoms with E-state index in [1.807, 2.05) is 0 Å². The Labute approximate surface area is 251 Å². The van der Waals surface area contributed by atoms with Crippen LogP contribution in [0.2, 0.25) is 0 Å². The molecule has 1 aliphatic heterocycles. The van der Waals surface area contributed by atoms with E-state index in [1.165, 1.54) is 41.4 Å². The fourth-order valence-corrected chi connectivity index (χ4v) is 4.64. The Bertz CT molecular complexity index is 1710. The highest BCUT2D eigenvalue weighted by molar-refractivity contribution is 6.23. The molecule has 4 N–H and O–H groups in total. The number of aliphatic hydroxyl groups is 1. The van der Waals surface area contributed by atoms with E-state index < -0.39 is 41.5 Å². The molecule has 4 amide bonds. The van der Waals surface area contributed by atoms with Crippen molar-refractivity contribution in [1.82, 2.24) is 20.1 Å². The summed E-state index contributed by atoms with van der Waals surface area (Å²) < 4.78 is 34.6. The number of rotatable bonds is 9. The number of aromatic amines is 1. The number of aliphatic hydroxyl groups excluding tert-OH is 1. The van der Waals surface area contributed by atoms with E-state index in [0.29, 0.717) is 16.9 Å². The minimum Gasteiger partial charge on any atom is -0.453 e. The number of halogens is 2. The summed E-state index contributed by atoms with van der Waals surface area (Å²) >= 11 is 0. The number of ether oxygens (including phenoxy) is 1. The Kier molecular flexibility index (Phi) is 8.45. The Morgan fingerprint density at radius 3 is 2.45 bits per heavy atom. The lowest BCUT2D eigenvalue weighted by molar-refractivity contribution is -0.132. The molecule has 44 heavy (non-hydrogen) atoms. The predicted molar refractivity (Wildman–Crippen MR) is 158 cm³/mol. The molecule has 230 valence electrons. The molecule has 5 rings (SSSR count). The van der Waals surface area contributed by atoms with Crippen LogP contribution in [0.3, 0.4) is 0 Å². The number of pyridine rings is 1. The van der Waals surface area contributed by atoms with Gasteiger partial charge >= 0.3 is 6.03 Å². The van der Waals surface area contributed by atoms with Gasteiger partial charge in [0.1, 0.15) is 22.9 Å². The van der Waals surface area contributed by atoms with Gasteiger partial charge < -0.3 is 25.4 Å². The number of carbonyl (C=O) groups is 3. The summed E-state index contributed by atoms with van der Waals surface area (Å²) in [6.45, 7) is 6.70. The van der Waals surface area contributed by atoms with Crippen LogP contribution in [0.25, 0.3) is 11.0 Å². The maximum Gasteiger partial charge on any atom is 0.331 e. The summed E-state index contributed by atoms with van der Waals surface area (Å²) in [6, 6.07) is 8.79. The fourth-order valence-electron chi connectivity index (χ4n) is 4.64.